The van der Waals surface area contributed by atoms with Gasteiger partial charge in [-0.05, 0) is 42.8 Å². The van der Waals surface area contributed by atoms with Gasteiger partial charge in [0, 0.05) is 11.6 Å². The summed E-state index contributed by atoms with van der Waals surface area (Å²) in [5.74, 6) is 0.719. The zero-order valence-electron chi connectivity index (χ0n) is 14.1. The number of benzene rings is 1. The highest BCUT2D eigenvalue weighted by Gasteiger charge is 2.23. The van der Waals surface area contributed by atoms with Gasteiger partial charge in [-0.2, -0.15) is 5.10 Å². The van der Waals surface area contributed by atoms with E-state index in [0.29, 0.717) is 45.1 Å². The molecule has 1 atom stereocenters. The van der Waals surface area contributed by atoms with Crippen LogP contribution in [0.4, 0.5) is 0 Å². The molecule has 0 fully saturated rings. The lowest BCUT2D eigenvalue weighted by atomic mass is 10.0. The summed E-state index contributed by atoms with van der Waals surface area (Å²) in [7, 11) is 0. The van der Waals surface area contributed by atoms with E-state index in [1.165, 1.54) is 0 Å². The van der Waals surface area contributed by atoms with Crippen molar-refractivity contribution in [1.29, 1.82) is 0 Å². The standard InChI is InChI=1S/C17H20Cl2N4OS/c1-4-7-23-15(21-22-17(23)25)14(8-10(2)3)20-16(24)12-6-5-11(18)9-13(12)19/h4-6,9-10,14H,1,7-8H2,2-3H3,(H,20,24)(H,22,25). The first-order valence-corrected chi connectivity index (χ1v) is 9.01. The minimum Gasteiger partial charge on any atom is -0.342 e. The molecule has 0 bridgehead atoms. The average Bonchev–Trinajstić information content (AvgIpc) is 2.87. The Labute approximate surface area is 162 Å². The molecule has 2 rings (SSSR count). The minimum atomic E-state index is -0.313. The highest BCUT2D eigenvalue weighted by atomic mass is 35.5. The zero-order chi connectivity index (χ0) is 18.6. The lowest BCUT2D eigenvalue weighted by Gasteiger charge is -2.21. The Morgan fingerprint density at radius 3 is 2.80 bits per heavy atom. The van der Waals surface area contributed by atoms with Crippen molar-refractivity contribution in [3.63, 3.8) is 0 Å². The number of hydrogen-bond donors (Lipinski definition) is 2. The van der Waals surface area contributed by atoms with Gasteiger partial charge in [0.15, 0.2) is 10.6 Å². The summed E-state index contributed by atoms with van der Waals surface area (Å²) < 4.78 is 2.31. The van der Waals surface area contributed by atoms with E-state index in [2.05, 4.69) is 35.9 Å². The molecular weight excluding hydrogens is 379 g/mol. The largest absolute Gasteiger partial charge is 0.342 e. The van der Waals surface area contributed by atoms with E-state index >= 15 is 0 Å². The number of H-pyrrole nitrogens is 1. The molecular formula is C17H20Cl2N4OS. The molecule has 1 amide bonds. The van der Waals surface area contributed by atoms with Crippen molar-refractivity contribution in [1.82, 2.24) is 20.1 Å². The second kappa shape index (κ2) is 8.65. The van der Waals surface area contributed by atoms with Crippen molar-refractivity contribution in [3.8, 4) is 0 Å². The predicted octanol–water partition coefficient (Wildman–Crippen LogP) is 4.95. The van der Waals surface area contributed by atoms with E-state index < -0.39 is 0 Å². The van der Waals surface area contributed by atoms with Crippen molar-refractivity contribution < 1.29 is 4.79 Å². The lowest BCUT2D eigenvalue weighted by Crippen LogP contribution is -2.31. The molecule has 5 nitrogen and oxygen atoms in total. The number of carbonyl (C=O) groups is 1. The molecule has 25 heavy (non-hydrogen) atoms. The first-order chi connectivity index (χ1) is 11.8. The number of aromatic nitrogens is 3. The van der Waals surface area contributed by atoms with Crippen molar-refractivity contribution >= 4 is 41.3 Å². The number of carbonyl (C=O) groups excluding carboxylic acids is 1. The second-order valence-corrected chi connectivity index (χ2v) is 7.30. The van der Waals surface area contributed by atoms with Gasteiger partial charge in [-0.25, -0.2) is 0 Å². The van der Waals surface area contributed by atoms with Crippen LogP contribution in [0.5, 0.6) is 0 Å². The molecule has 1 aromatic heterocycles. The minimum absolute atomic E-state index is 0.286. The molecule has 0 saturated carbocycles. The van der Waals surface area contributed by atoms with E-state index in [-0.39, 0.29) is 11.9 Å². The summed E-state index contributed by atoms with van der Waals surface area (Å²) in [4.78, 5) is 12.7. The molecule has 1 heterocycles. The fraction of sp³-hybridized carbons (Fsp3) is 0.353. The van der Waals surface area contributed by atoms with Crippen LogP contribution >= 0.6 is 35.4 Å². The summed E-state index contributed by atoms with van der Waals surface area (Å²) in [6, 6.07) is 4.47. The number of hydrogen-bond acceptors (Lipinski definition) is 3. The SMILES string of the molecule is C=CCn1c(C(CC(C)C)NC(=O)c2ccc(Cl)cc2Cl)n[nH]c1=S. The Balaban J connectivity index is 2.33. The topological polar surface area (TPSA) is 62.7 Å². The van der Waals surface area contributed by atoms with E-state index in [0.717, 1.165) is 0 Å². The Hall–Kier alpha value is -1.63. The molecule has 8 heteroatoms. The van der Waals surface area contributed by atoms with Gasteiger partial charge in [0.25, 0.3) is 5.91 Å². The van der Waals surface area contributed by atoms with Crippen LogP contribution in [0.1, 0.15) is 42.5 Å². The summed E-state index contributed by atoms with van der Waals surface area (Å²) in [6.45, 7) is 8.40. The number of halogens is 2. The summed E-state index contributed by atoms with van der Waals surface area (Å²) in [6.07, 6.45) is 2.44. The number of aromatic amines is 1. The Morgan fingerprint density at radius 1 is 1.48 bits per heavy atom. The fourth-order valence-electron chi connectivity index (χ4n) is 2.51. The molecule has 2 aromatic rings. The highest BCUT2D eigenvalue weighted by Crippen LogP contribution is 2.24. The van der Waals surface area contributed by atoms with Crippen molar-refractivity contribution in [2.24, 2.45) is 5.92 Å². The molecule has 0 aliphatic rings. The Morgan fingerprint density at radius 2 is 2.20 bits per heavy atom. The monoisotopic (exact) mass is 398 g/mol. The van der Waals surface area contributed by atoms with Crippen LogP contribution in [0.25, 0.3) is 0 Å². The number of nitrogens with one attached hydrogen (secondary N) is 2. The normalized spacial score (nSPS) is 12.2. The van der Waals surface area contributed by atoms with Crippen LogP contribution < -0.4 is 5.32 Å². The van der Waals surface area contributed by atoms with Crippen LogP contribution in [0.3, 0.4) is 0 Å². The van der Waals surface area contributed by atoms with Crippen LogP contribution in [0, 0.1) is 10.7 Å². The average molecular weight is 399 g/mol. The number of allylic oxidation sites excluding steroid dienone is 1. The van der Waals surface area contributed by atoms with Gasteiger partial charge in [0.05, 0.1) is 16.6 Å². The molecule has 0 spiro atoms. The fourth-order valence-corrected chi connectivity index (χ4v) is 3.22. The number of nitrogens with zero attached hydrogens (tertiary/aromatic N) is 2. The van der Waals surface area contributed by atoms with Crippen LogP contribution in [-0.2, 0) is 6.54 Å². The van der Waals surface area contributed by atoms with Crippen molar-refractivity contribution in [2.75, 3.05) is 0 Å². The predicted molar refractivity (Wildman–Crippen MR) is 104 cm³/mol. The lowest BCUT2D eigenvalue weighted by molar-refractivity contribution is 0.0929. The van der Waals surface area contributed by atoms with E-state index in [1.807, 2.05) is 4.57 Å². The molecule has 0 aliphatic carbocycles. The quantitative estimate of drug-likeness (QED) is 0.512. The van der Waals surface area contributed by atoms with Gasteiger partial charge >= 0.3 is 0 Å². The van der Waals surface area contributed by atoms with Gasteiger partial charge in [-0.1, -0.05) is 43.1 Å². The molecule has 0 aliphatic heterocycles. The smallest absolute Gasteiger partial charge is 0.253 e. The van der Waals surface area contributed by atoms with Gasteiger partial charge < -0.3 is 5.32 Å². The third-order valence-corrected chi connectivity index (χ3v) is 4.46. The molecule has 134 valence electrons. The van der Waals surface area contributed by atoms with Gasteiger partial charge in [-0.3, -0.25) is 14.5 Å². The van der Waals surface area contributed by atoms with E-state index in [4.69, 9.17) is 35.4 Å². The maximum Gasteiger partial charge on any atom is 0.253 e. The van der Waals surface area contributed by atoms with E-state index in [9.17, 15) is 4.79 Å². The zero-order valence-corrected chi connectivity index (χ0v) is 16.4. The third-order valence-electron chi connectivity index (χ3n) is 3.60. The Kier molecular flexibility index (Phi) is 6.81. The first kappa shape index (κ1) is 19.7. The van der Waals surface area contributed by atoms with Crippen LogP contribution in [0.2, 0.25) is 10.0 Å². The second-order valence-electron chi connectivity index (χ2n) is 6.07. The first-order valence-electron chi connectivity index (χ1n) is 7.85. The van der Waals surface area contributed by atoms with Crippen LogP contribution in [0.15, 0.2) is 30.9 Å². The Bertz CT molecular complexity index is 828. The molecule has 1 aromatic carbocycles. The van der Waals surface area contributed by atoms with Gasteiger partial charge in [0.1, 0.15) is 0 Å². The number of amides is 1. The molecule has 0 saturated heterocycles. The maximum atomic E-state index is 12.7. The molecule has 1 unspecified atom stereocenters. The van der Waals surface area contributed by atoms with Crippen molar-refractivity contribution in [3.05, 3.63) is 57.1 Å². The van der Waals surface area contributed by atoms with Gasteiger partial charge in [-0.15, -0.1) is 6.58 Å². The summed E-state index contributed by atoms with van der Waals surface area (Å²) in [5, 5.41) is 10.9. The van der Waals surface area contributed by atoms with Crippen LogP contribution in [-0.4, -0.2) is 20.7 Å². The summed E-state index contributed by atoms with van der Waals surface area (Å²) in [5.41, 5.74) is 0.365. The molecule has 2 N–H and O–H groups in total. The number of rotatable bonds is 7. The van der Waals surface area contributed by atoms with Gasteiger partial charge in [0.2, 0.25) is 0 Å². The van der Waals surface area contributed by atoms with Crippen molar-refractivity contribution in [2.45, 2.75) is 32.9 Å². The molecule has 0 radical (unpaired) electrons. The third kappa shape index (κ3) is 4.93. The highest BCUT2D eigenvalue weighted by molar-refractivity contribution is 7.71. The van der Waals surface area contributed by atoms with E-state index in [1.54, 1.807) is 24.3 Å². The maximum absolute atomic E-state index is 12.7. The summed E-state index contributed by atoms with van der Waals surface area (Å²) >= 11 is 17.3.